The molecule has 0 aliphatic rings. The maximum Gasteiger partial charge on any atom is 0.221 e. The van der Waals surface area contributed by atoms with E-state index in [1.165, 1.54) is 11.1 Å². The highest BCUT2D eigenvalue weighted by Crippen LogP contribution is 2.20. The molecule has 0 saturated heterocycles. The molecule has 0 heterocycles. The van der Waals surface area contributed by atoms with E-state index in [0.29, 0.717) is 19.5 Å². The van der Waals surface area contributed by atoms with Gasteiger partial charge in [0.05, 0.1) is 0 Å². The van der Waals surface area contributed by atoms with Crippen molar-refractivity contribution in [1.29, 1.82) is 0 Å². The van der Waals surface area contributed by atoms with Crippen LogP contribution in [-0.4, -0.2) is 12.5 Å². The molecular formula is C17H20N2O. The number of rotatable bonds is 5. The van der Waals surface area contributed by atoms with Gasteiger partial charge in [-0.25, -0.2) is 0 Å². The van der Waals surface area contributed by atoms with Crippen molar-refractivity contribution < 1.29 is 4.79 Å². The normalized spacial score (nSPS) is 10.3. The van der Waals surface area contributed by atoms with E-state index in [1.807, 2.05) is 12.1 Å². The Kier molecular flexibility index (Phi) is 4.91. The molecule has 0 radical (unpaired) electrons. The van der Waals surface area contributed by atoms with Crippen molar-refractivity contribution in [1.82, 2.24) is 5.32 Å². The van der Waals surface area contributed by atoms with Crippen LogP contribution >= 0.6 is 0 Å². The maximum absolute atomic E-state index is 11.4. The summed E-state index contributed by atoms with van der Waals surface area (Å²) in [6.45, 7) is 3.00. The summed E-state index contributed by atoms with van der Waals surface area (Å²) in [7, 11) is 0. The third kappa shape index (κ3) is 3.93. The van der Waals surface area contributed by atoms with Crippen LogP contribution in [0, 0.1) is 6.92 Å². The van der Waals surface area contributed by atoms with E-state index in [1.54, 1.807) is 0 Å². The van der Waals surface area contributed by atoms with E-state index in [-0.39, 0.29) is 5.91 Å². The van der Waals surface area contributed by atoms with E-state index in [0.717, 1.165) is 11.1 Å². The molecule has 3 nitrogen and oxygen atoms in total. The summed E-state index contributed by atoms with van der Waals surface area (Å²) in [6, 6.07) is 16.6. The van der Waals surface area contributed by atoms with Gasteiger partial charge in [0, 0.05) is 19.5 Å². The van der Waals surface area contributed by atoms with Crippen molar-refractivity contribution in [2.75, 3.05) is 6.54 Å². The standard InChI is InChI=1S/C17H20N2O/c1-13-5-7-15(8-6-13)16-4-2-3-14(11-16)12-19-17(20)9-10-18/h2-8,11H,9-10,12,18H2,1H3,(H,19,20). The number of nitrogens with one attached hydrogen (secondary N) is 1. The van der Waals surface area contributed by atoms with Gasteiger partial charge in [-0.15, -0.1) is 0 Å². The Labute approximate surface area is 119 Å². The van der Waals surface area contributed by atoms with Gasteiger partial charge in [0.1, 0.15) is 0 Å². The van der Waals surface area contributed by atoms with Crippen LogP contribution in [0.1, 0.15) is 17.5 Å². The second-order valence-electron chi connectivity index (χ2n) is 4.88. The molecule has 0 spiro atoms. The van der Waals surface area contributed by atoms with Gasteiger partial charge >= 0.3 is 0 Å². The minimum absolute atomic E-state index is 0.00626. The number of aryl methyl sites for hydroxylation is 1. The fourth-order valence-corrected chi connectivity index (χ4v) is 2.03. The first-order valence-corrected chi connectivity index (χ1v) is 6.82. The predicted octanol–water partition coefficient (Wildman–Crippen LogP) is 2.63. The Morgan fingerprint density at radius 1 is 1.10 bits per heavy atom. The number of amides is 1. The Balaban J connectivity index is 2.08. The van der Waals surface area contributed by atoms with Crippen LogP contribution < -0.4 is 11.1 Å². The van der Waals surface area contributed by atoms with Crippen molar-refractivity contribution in [2.45, 2.75) is 19.9 Å². The zero-order valence-electron chi connectivity index (χ0n) is 11.7. The van der Waals surface area contributed by atoms with Crippen LogP contribution in [0.3, 0.4) is 0 Å². The average molecular weight is 268 g/mol. The molecule has 0 aromatic heterocycles. The summed E-state index contributed by atoms with van der Waals surface area (Å²) >= 11 is 0. The van der Waals surface area contributed by atoms with Gasteiger partial charge < -0.3 is 11.1 Å². The minimum atomic E-state index is -0.00626. The van der Waals surface area contributed by atoms with E-state index in [9.17, 15) is 4.79 Å². The highest BCUT2D eigenvalue weighted by atomic mass is 16.1. The zero-order chi connectivity index (χ0) is 14.4. The van der Waals surface area contributed by atoms with E-state index < -0.39 is 0 Å². The van der Waals surface area contributed by atoms with E-state index in [4.69, 9.17) is 5.73 Å². The van der Waals surface area contributed by atoms with Gasteiger partial charge in [0.2, 0.25) is 5.91 Å². The second-order valence-corrected chi connectivity index (χ2v) is 4.88. The third-order valence-corrected chi connectivity index (χ3v) is 3.17. The fraction of sp³-hybridized carbons (Fsp3) is 0.235. The molecule has 0 bridgehead atoms. The van der Waals surface area contributed by atoms with Gasteiger partial charge in [0.25, 0.3) is 0 Å². The first-order chi connectivity index (χ1) is 9.69. The number of carbonyl (C=O) groups excluding carboxylic acids is 1. The summed E-state index contributed by atoms with van der Waals surface area (Å²) in [6.07, 6.45) is 0.373. The third-order valence-electron chi connectivity index (χ3n) is 3.17. The molecule has 2 aromatic carbocycles. The SMILES string of the molecule is Cc1ccc(-c2cccc(CNC(=O)CCN)c2)cc1. The lowest BCUT2D eigenvalue weighted by Gasteiger charge is -2.07. The van der Waals surface area contributed by atoms with Crippen molar-refractivity contribution in [3.8, 4) is 11.1 Å². The van der Waals surface area contributed by atoms with Crippen molar-refractivity contribution in [2.24, 2.45) is 5.73 Å². The molecule has 0 fully saturated rings. The van der Waals surface area contributed by atoms with Crippen molar-refractivity contribution in [3.63, 3.8) is 0 Å². The molecule has 0 atom stereocenters. The van der Waals surface area contributed by atoms with Crippen LogP contribution in [-0.2, 0) is 11.3 Å². The molecule has 0 aliphatic carbocycles. The summed E-state index contributed by atoms with van der Waals surface area (Å²) in [4.78, 5) is 11.4. The Hall–Kier alpha value is -2.13. The molecule has 0 unspecified atom stereocenters. The number of nitrogens with two attached hydrogens (primary N) is 1. The molecular weight excluding hydrogens is 248 g/mol. The lowest BCUT2D eigenvalue weighted by Crippen LogP contribution is -2.24. The van der Waals surface area contributed by atoms with Crippen LogP contribution in [0.4, 0.5) is 0 Å². The van der Waals surface area contributed by atoms with Crippen LogP contribution in [0.5, 0.6) is 0 Å². The van der Waals surface area contributed by atoms with E-state index in [2.05, 4.69) is 48.6 Å². The molecule has 20 heavy (non-hydrogen) atoms. The lowest BCUT2D eigenvalue weighted by molar-refractivity contribution is -0.121. The van der Waals surface area contributed by atoms with Crippen molar-refractivity contribution >= 4 is 5.91 Å². The largest absolute Gasteiger partial charge is 0.352 e. The van der Waals surface area contributed by atoms with Gasteiger partial charge in [-0.2, -0.15) is 0 Å². The van der Waals surface area contributed by atoms with Gasteiger partial charge in [-0.05, 0) is 29.7 Å². The number of benzene rings is 2. The Bertz CT molecular complexity index is 576. The maximum atomic E-state index is 11.4. The van der Waals surface area contributed by atoms with Crippen LogP contribution in [0.15, 0.2) is 48.5 Å². The van der Waals surface area contributed by atoms with E-state index >= 15 is 0 Å². The first-order valence-electron chi connectivity index (χ1n) is 6.82. The van der Waals surface area contributed by atoms with Crippen LogP contribution in [0.25, 0.3) is 11.1 Å². The number of hydrogen-bond acceptors (Lipinski definition) is 2. The number of carbonyl (C=O) groups is 1. The highest BCUT2D eigenvalue weighted by Gasteiger charge is 2.02. The van der Waals surface area contributed by atoms with Crippen molar-refractivity contribution in [3.05, 3.63) is 59.7 Å². The smallest absolute Gasteiger partial charge is 0.221 e. The average Bonchev–Trinajstić information content (AvgIpc) is 2.47. The van der Waals surface area contributed by atoms with Gasteiger partial charge in [-0.1, -0.05) is 48.0 Å². The Morgan fingerprint density at radius 3 is 2.55 bits per heavy atom. The second kappa shape index (κ2) is 6.87. The van der Waals surface area contributed by atoms with Crippen LogP contribution in [0.2, 0.25) is 0 Å². The summed E-state index contributed by atoms with van der Waals surface area (Å²) in [5, 5.41) is 2.87. The number of hydrogen-bond donors (Lipinski definition) is 2. The first kappa shape index (κ1) is 14.3. The topological polar surface area (TPSA) is 55.1 Å². The molecule has 104 valence electrons. The molecule has 3 N–H and O–H groups in total. The molecule has 1 amide bonds. The lowest BCUT2D eigenvalue weighted by atomic mass is 10.0. The molecule has 2 rings (SSSR count). The minimum Gasteiger partial charge on any atom is -0.352 e. The summed E-state index contributed by atoms with van der Waals surface area (Å²) < 4.78 is 0. The quantitative estimate of drug-likeness (QED) is 0.876. The monoisotopic (exact) mass is 268 g/mol. The summed E-state index contributed by atoms with van der Waals surface area (Å²) in [5.74, 6) is -0.00626. The fourth-order valence-electron chi connectivity index (χ4n) is 2.03. The molecule has 2 aromatic rings. The summed E-state index contributed by atoms with van der Waals surface area (Å²) in [5.41, 5.74) is 10.0. The zero-order valence-corrected chi connectivity index (χ0v) is 11.7. The predicted molar refractivity (Wildman–Crippen MR) is 82.1 cm³/mol. The van der Waals surface area contributed by atoms with Gasteiger partial charge in [0.15, 0.2) is 0 Å². The molecule has 0 aliphatic heterocycles. The molecule has 3 heteroatoms. The highest BCUT2D eigenvalue weighted by molar-refractivity contribution is 5.76. The Morgan fingerprint density at radius 2 is 1.85 bits per heavy atom. The van der Waals surface area contributed by atoms with Gasteiger partial charge in [-0.3, -0.25) is 4.79 Å². The molecule has 0 saturated carbocycles.